The molecule has 1 aliphatic carbocycles. The number of carboxylic acid groups (broad SMARTS) is 1. The summed E-state index contributed by atoms with van der Waals surface area (Å²) in [7, 11) is 1.60. The highest BCUT2D eigenvalue weighted by Gasteiger charge is 2.44. The lowest BCUT2D eigenvalue weighted by molar-refractivity contribution is -0.137. The van der Waals surface area contributed by atoms with Crippen LogP contribution >= 0.6 is 0 Å². The number of hydrogen-bond donors (Lipinski definition) is 2. The third-order valence-electron chi connectivity index (χ3n) is 4.32. The molecule has 7 heteroatoms. The molecule has 118 valence electrons. The smallest absolute Gasteiger partial charge is 0.320 e. The lowest BCUT2D eigenvalue weighted by atomic mass is 9.89. The summed E-state index contributed by atoms with van der Waals surface area (Å²) in [5.74, 6) is -0.952. The van der Waals surface area contributed by atoms with Crippen molar-refractivity contribution in [3.05, 3.63) is 0 Å². The minimum Gasteiger partial charge on any atom is -0.481 e. The monoisotopic (exact) mass is 297 g/mol. The van der Waals surface area contributed by atoms with E-state index in [9.17, 15) is 14.4 Å². The molecule has 1 atom stereocenters. The van der Waals surface area contributed by atoms with Gasteiger partial charge in [0, 0.05) is 32.7 Å². The first-order valence-electron chi connectivity index (χ1n) is 7.37. The maximum atomic E-state index is 12.6. The normalized spacial score (nSPS) is 24.8. The molecule has 2 fully saturated rings. The lowest BCUT2D eigenvalue weighted by Crippen LogP contribution is -2.46. The molecule has 0 spiro atoms. The molecule has 3 amide bonds. The van der Waals surface area contributed by atoms with Gasteiger partial charge in [0.15, 0.2) is 0 Å². The molecule has 1 aliphatic heterocycles. The Morgan fingerprint density at radius 1 is 1.38 bits per heavy atom. The Morgan fingerprint density at radius 3 is 2.57 bits per heavy atom. The Morgan fingerprint density at radius 2 is 2.05 bits per heavy atom. The topological polar surface area (TPSA) is 90.0 Å². The molecule has 2 aliphatic rings. The summed E-state index contributed by atoms with van der Waals surface area (Å²) in [6.45, 7) is 3.03. The molecule has 1 saturated heterocycles. The Labute approximate surface area is 124 Å². The van der Waals surface area contributed by atoms with Crippen molar-refractivity contribution in [2.75, 3.05) is 26.7 Å². The average Bonchev–Trinajstić information content (AvgIpc) is 3.19. The van der Waals surface area contributed by atoms with Gasteiger partial charge in [-0.1, -0.05) is 0 Å². The zero-order chi connectivity index (χ0) is 15.6. The van der Waals surface area contributed by atoms with Gasteiger partial charge in [-0.05, 0) is 26.2 Å². The quantitative estimate of drug-likeness (QED) is 0.773. The number of hydrogen-bond acceptors (Lipinski definition) is 3. The highest BCUT2D eigenvalue weighted by Crippen LogP contribution is 2.33. The molecule has 0 aromatic heterocycles. The van der Waals surface area contributed by atoms with Gasteiger partial charge in [0.2, 0.25) is 5.91 Å². The number of nitrogens with one attached hydrogen (secondary N) is 1. The molecule has 0 aromatic carbocycles. The third-order valence-corrected chi connectivity index (χ3v) is 4.32. The van der Waals surface area contributed by atoms with Crippen LogP contribution < -0.4 is 5.32 Å². The van der Waals surface area contributed by atoms with Crippen LogP contribution in [0.4, 0.5) is 4.79 Å². The van der Waals surface area contributed by atoms with Crippen molar-refractivity contribution in [1.82, 2.24) is 15.1 Å². The number of aliphatic carboxylic acids is 1. The van der Waals surface area contributed by atoms with E-state index in [4.69, 9.17) is 5.11 Å². The van der Waals surface area contributed by atoms with E-state index in [2.05, 4.69) is 5.32 Å². The van der Waals surface area contributed by atoms with Crippen LogP contribution in [0, 0.1) is 5.41 Å². The fraction of sp³-hybridized carbons (Fsp3) is 0.786. The summed E-state index contributed by atoms with van der Waals surface area (Å²) >= 11 is 0. The Bertz CT molecular complexity index is 450. The largest absolute Gasteiger partial charge is 0.481 e. The van der Waals surface area contributed by atoms with Gasteiger partial charge in [-0.15, -0.1) is 0 Å². The molecular weight excluding hydrogens is 274 g/mol. The molecular formula is C14H23N3O4. The first-order valence-corrected chi connectivity index (χ1v) is 7.37. The Hall–Kier alpha value is -1.79. The zero-order valence-corrected chi connectivity index (χ0v) is 12.6. The second kappa shape index (κ2) is 5.91. The predicted molar refractivity (Wildman–Crippen MR) is 75.7 cm³/mol. The maximum Gasteiger partial charge on any atom is 0.320 e. The van der Waals surface area contributed by atoms with Crippen LogP contribution in [0.15, 0.2) is 0 Å². The summed E-state index contributed by atoms with van der Waals surface area (Å²) in [4.78, 5) is 38.5. The van der Waals surface area contributed by atoms with Crippen molar-refractivity contribution in [3.63, 3.8) is 0 Å². The van der Waals surface area contributed by atoms with Crippen LogP contribution in [-0.4, -0.2) is 65.5 Å². The van der Waals surface area contributed by atoms with Crippen molar-refractivity contribution in [2.45, 2.75) is 38.6 Å². The summed E-state index contributed by atoms with van der Waals surface area (Å²) in [6, 6.07) is 0.0371. The van der Waals surface area contributed by atoms with Gasteiger partial charge in [-0.25, -0.2) is 4.79 Å². The van der Waals surface area contributed by atoms with Gasteiger partial charge < -0.3 is 20.2 Å². The number of carboxylic acids is 1. The fourth-order valence-corrected chi connectivity index (χ4v) is 2.83. The van der Waals surface area contributed by atoms with Crippen molar-refractivity contribution < 1.29 is 19.5 Å². The minimum atomic E-state index is -0.898. The zero-order valence-electron chi connectivity index (χ0n) is 12.6. The van der Waals surface area contributed by atoms with Crippen molar-refractivity contribution in [2.24, 2.45) is 5.41 Å². The summed E-state index contributed by atoms with van der Waals surface area (Å²) in [5.41, 5.74) is -0.549. The predicted octanol–water partition coefficient (Wildman–Crippen LogP) is 0.504. The number of carbonyl (C=O) groups is 3. The fourth-order valence-electron chi connectivity index (χ4n) is 2.83. The first-order chi connectivity index (χ1) is 9.87. The van der Waals surface area contributed by atoms with Crippen LogP contribution in [0.25, 0.3) is 0 Å². The van der Waals surface area contributed by atoms with Gasteiger partial charge in [0.1, 0.15) is 0 Å². The van der Waals surface area contributed by atoms with Gasteiger partial charge in [0.05, 0.1) is 11.8 Å². The molecule has 1 saturated carbocycles. The Kier molecular flexibility index (Phi) is 4.39. The first kappa shape index (κ1) is 15.6. The molecule has 2 N–H and O–H groups in total. The SMILES string of the molecule is CNC(=O)C1(C)CCN(C(=O)N(CCC(=O)O)C2CC2)C1. The van der Waals surface area contributed by atoms with Gasteiger partial charge in [-0.3, -0.25) is 9.59 Å². The molecule has 0 radical (unpaired) electrons. The van der Waals surface area contributed by atoms with E-state index in [1.165, 1.54) is 0 Å². The van der Waals surface area contributed by atoms with Crippen LogP contribution in [0.2, 0.25) is 0 Å². The van der Waals surface area contributed by atoms with E-state index in [1.54, 1.807) is 16.8 Å². The molecule has 7 nitrogen and oxygen atoms in total. The van der Waals surface area contributed by atoms with Crippen LogP contribution in [0.1, 0.15) is 32.6 Å². The Balaban J connectivity index is 1.98. The number of urea groups is 1. The number of likely N-dealkylation sites (tertiary alicyclic amines) is 1. The highest BCUT2D eigenvalue weighted by atomic mass is 16.4. The lowest BCUT2D eigenvalue weighted by Gasteiger charge is -2.29. The molecule has 1 unspecified atom stereocenters. The molecule has 0 aromatic rings. The number of nitrogens with zero attached hydrogens (tertiary/aromatic N) is 2. The second-order valence-electron chi connectivity index (χ2n) is 6.16. The number of amides is 3. The molecule has 0 bridgehead atoms. The third kappa shape index (κ3) is 3.46. The van der Waals surface area contributed by atoms with Crippen molar-refractivity contribution >= 4 is 17.9 Å². The standard InChI is InChI=1S/C14H23N3O4/c1-14(12(20)15-2)6-8-16(9-14)13(21)17(10-3-4-10)7-5-11(18)19/h10H,3-9H2,1-2H3,(H,15,20)(H,18,19). The van der Waals surface area contributed by atoms with E-state index < -0.39 is 11.4 Å². The maximum absolute atomic E-state index is 12.6. The van der Waals surface area contributed by atoms with Crippen molar-refractivity contribution in [3.8, 4) is 0 Å². The molecule has 1 heterocycles. The second-order valence-corrected chi connectivity index (χ2v) is 6.16. The van der Waals surface area contributed by atoms with Crippen molar-refractivity contribution in [1.29, 1.82) is 0 Å². The number of carbonyl (C=O) groups excluding carboxylic acids is 2. The molecule has 21 heavy (non-hydrogen) atoms. The van der Waals surface area contributed by atoms with Gasteiger partial charge in [0.25, 0.3) is 0 Å². The summed E-state index contributed by atoms with van der Waals surface area (Å²) in [5, 5.41) is 11.4. The summed E-state index contributed by atoms with van der Waals surface area (Å²) < 4.78 is 0. The van der Waals surface area contributed by atoms with Crippen LogP contribution in [0.3, 0.4) is 0 Å². The van der Waals surface area contributed by atoms with E-state index in [0.29, 0.717) is 19.5 Å². The molecule has 2 rings (SSSR count). The van der Waals surface area contributed by atoms with E-state index >= 15 is 0 Å². The number of rotatable bonds is 5. The van der Waals surface area contributed by atoms with Gasteiger partial charge in [-0.2, -0.15) is 0 Å². The average molecular weight is 297 g/mol. The summed E-state index contributed by atoms with van der Waals surface area (Å²) in [6.07, 6.45) is 2.47. The van der Waals surface area contributed by atoms with Crippen LogP contribution in [-0.2, 0) is 9.59 Å². The van der Waals surface area contributed by atoms with E-state index in [-0.39, 0.29) is 30.9 Å². The van der Waals surface area contributed by atoms with Crippen LogP contribution in [0.5, 0.6) is 0 Å². The minimum absolute atomic E-state index is 0.0389. The van der Waals surface area contributed by atoms with E-state index in [0.717, 1.165) is 12.8 Å². The van der Waals surface area contributed by atoms with Gasteiger partial charge >= 0.3 is 12.0 Å². The highest BCUT2D eigenvalue weighted by molar-refractivity contribution is 5.84. The van der Waals surface area contributed by atoms with E-state index in [1.807, 2.05) is 6.92 Å².